The van der Waals surface area contributed by atoms with Gasteiger partial charge in [-0.3, -0.25) is 9.69 Å². The standard InChI is InChI=1S/C19H29N3O/c1-20-12-7-3-6-11-18(20)19(23)22-14-8-13-21(15-16-22)17-9-4-2-5-10-17/h2,4-5,9-10,18H,3,6-8,11-16H2,1H3. The molecule has 0 spiro atoms. The summed E-state index contributed by atoms with van der Waals surface area (Å²) < 4.78 is 0. The molecule has 0 aromatic heterocycles. The van der Waals surface area contributed by atoms with Gasteiger partial charge in [0.1, 0.15) is 0 Å². The lowest BCUT2D eigenvalue weighted by Gasteiger charge is -2.31. The number of likely N-dealkylation sites (N-methyl/N-ethyl adjacent to an activating group) is 1. The van der Waals surface area contributed by atoms with Crippen LogP contribution in [0.5, 0.6) is 0 Å². The lowest BCUT2D eigenvalue weighted by molar-refractivity contribution is -0.136. The van der Waals surface area contributed by atoms with Crippen LogP contribution in [0.4, 0.5) is 5.69 Å². The fourth-order valence-corrected chi connectivity index (χ4v) is 3.81. The number of benzene rings is 1. The zero-order valence-electron chi connectivity index (χ0n) is 14.3. The van der Waals surface area contributed by atoms with Crippen molar-refractivity contribution in [3.63, 3.8) is 0 Å². The third-order valence-electron chi connectivity index (χ3n) is 5.23. The Morgan fingerprint density at radius 2 is 1.74 bits per heavy atom. The Balaban J connectivity index is 1.62. The predicted octanol–water partition coefficient (Wildman–Crippen LogP) is 2.60. The maximum absolute atomic E-state index is 13.0. The minimum absolute atomic E-state index is 0.0979. The number of likely N-dealkylation sites (tertiary alicyclic amines) is 1. The third-order valence-corrected chi connectivity index (χ3v) is 5.23. The van der Waals surface area contributed by atoms with Crippen LogP contribution in [0.3, 0.4) is 0 Å². The van der Waals surface area contributed by atoms with E-state index in [1.54, 1.807) is 0 Å². The van der Waals surface area contributed by atoms with E-state index in [9.17, 15) is 4.79 Å². The van der Waals surface area contributed by atoms with E-state index in [1.165, 1.54) is 24.9 Å². The second-order valence-corrected chi connectivity index (χ2v) is 6.85. The number of rotatable bonds is 2. The van der Waals surface area contributed by atoms with Crippen LogP contribution < -0.4 is 4.90 Å². The number of amides is 1. The second-order valence-electron chi connectivity index (χ2n) is 6.85. The number of anilines is 1. The van der Waals surface area contributed by atoms with Gasteiger partial charge in [-0.25, -0.2) is 0 Å². The Labute approximate surface area is 140 Å². The first-order valence-corrected chi connectivity index (χ1v) is 9.05. The molecule has 2 aliphatic heterocycles. The highest BCUT2D eigenvalue weighted by Crippen LogP contribution is 2.20. The molecule has 0 radical (unpaired) electrons. The van der Waals surface area contributed by atoms with Gasteiger partial charge in [0.05, 0.1) is 6.04 Å². The fraction of sp³-hybridized carbons (Fsp3) is 0.632. The molecular formula is C19H29N3O. The van der Waals surface area contributed by atoms with Gasteiger partial charge in [0, 0.05) is 31.9 Å². The molecule has 1 amide bonds. The summed E-state index contributed by atoms with van der Waals surface area (Å²) in [6.45, 7) is 4.77. The van der Waals surface area contributed by atoms with Crippen LogP contribution in [0.15, 0.2) is 30.3 Å². The molecule has 2 saturated heterocycles. The SMILES string of the molecule is CN1CCCCCC1C(=O)N1CCCN(c2ccccc2)CC1. The van der Waals surface area contributed by atoms with E-state index in [0.717, 1.165) is 45.6 Å². The van der Waals surface area contributed by atoms with Crippen LogP contribution in [0, 0.1) is 0 Å². The maximum atomic E-state index is 13.0. The number of nitrogens with zero attached hydrogens (tertiary/aromatic N) is 3. The van der Waals surface area contributed by atoms with E-state index in [1.807, 2.05) is 0 Å². The molecule has 1 aromatic carbocycles. The number of para-hydroxylation sites is 1. The number of hydrogen-bond acceptors (Lipinski definition) is 3. The summed E-state index contributed by atoms with van der Waals surface area (Å²) in [7, 11) is 2.11. The normalized spacial score (nSPS) is 24.1. The van der Waals surface area contributed by atoms with Crippen molar-refractivity contribution in [2.45, 2.75) is 38.1 Å². The minimum Gasteiger partial charge on any atom is -0.370 e. The summed E-state index contributed by atoms with van der Waals surface area (Å²) in [6, 6.07) is 10.7. The van der Waals surface area contributed by atoms with E-state index in [2.05, 4.69) is 52.1 Å². The largest absolute Gasteiger partial charge is 0.370 e. The van der Waals surface area contributed by atoms with Crippen molar-refractivity contribution in [3.05, 3.63) is 30.3 Å². The summed E-state index contributed by atoms with van der Waals surface area (Å²) in [5, 5.41) is 0. The van der Waals surface area contributed by atoms with Gasteiger partial charge in [0.15, 0.2) is 0 Å². The van der Waals surface area contributed by atoms with Gasteiger partial charge in [0.2, 0.25) is 5.91 Å². The molecule has 0 N–H and O–H groups in total. The lowest BCUT2D eigenvalue weighted by Crippen LogP contribution is -2.48. The zero-order chi connectivity index (χ0) is 16.1. The highest BCUT2D eigenvalue weighted by atomic mass is 16.2. The Bertz CT molecular complexity index is 505. The Hall–Kier alpha value is -1.55. The molecule has 23 heavy (non-hydrogen) atoms. The van der Waals surface area contributed by atoms with Crippen LogP contribution in [0.1, 0.15) is 32.1 Å². The van der Waals surface area contributed by atoms with E-state index >= 15 is 0 Å². The molecule has 1 aromatic rings. The average Bonchev–Trinajstić information content (AvgIpc) is 2.95. The molecule has 4 heteroatoms. The van der Waals surface area contributed by atoms with Gasteiger partial charge in [0.25, 0.3) is 0 Å². The maximum Gasteiger partial charge on any atom is 0.239 e. The molecular weight excluding hydrogens is 286 g/mol. The summed E-state index contributed by atoms with van der Waals surface area (Å²) in [5.41, 5.74) is 1.27. The highest BCUT2D eigenvalue weighted by Gasteiger charge is 2.29. The van der Waals surface area contributed by atoms with Crippen LogP contribution >= 0.6 is 0 Å². The number of carbonyl (C=O) groups is 1. The molecule has 4 nitrogen and oxygen atoms in total. The van der Waals surface area contributed by atoms with E-state index in [-0.39, 0.29) is 6.04 Å². The molecule has 2 fully saturated rings. The Morgan fingerprint density at radius 3 is 2.57 bits per heavy atom. The van der Waals surface area contributed by atoms with Crippen molar-refractivity contribution in [1.29, 1.82) is 0 Å². The molecule has 1 unspecified atom stereocenters. The van der Waals surface area contributed by atoms with Gasteiger partial charge in [-0.2, -0.15) is 0 Å². The van der Waals surface area contributed by atoms with E-state index in [4.69, 9.17) is 0 Å². The van der Waals surface area contributed by atoms with Crippen molar-refractivity contribution >= 4 is 11.6 Å². The highest BCUT2D eigenvalue weighted by molar-refractivity contribution is 5.82. The van der Waals surface area contributed by atoms with Crippen molar-refractivity contribution in [3.8, 4) is 0 Å². The van der Waals surface area contributed by atoms with Crippen LogP contribution in [0.2, 0.25) is 0 Å². The van der Waals surface area contributed by atoms with Gasteiger partial charge >= 0.3 is 0 Å². The fourth-order valence-electron chi connectivity index (χ4n) is 3.81. The first-order chi connectivity index (χ1) is 11.3. The monoisotopic (exact) mass is 315 g/mol. The van der Waals surface area contributed by atoms with Crippen molar-refractivity contribution in [2.24, 2.45) is 0 Å². The van der Waals surface area contributed by atoms with Crippen molar-refractivity contribution < 1.29 is 4.79 Å². The van der Waals surface area contributed by atoms with Crippen LogP contribution in [0.25, 0.3) is 0 Å². The zero-order valence-corrected chi connectivity index (χ0v) is 14.3. The number of hydrogen-bond donors (Lipinski definition) is 0. The summed E-state index contributed by atoms with van der Waals surface area (Å²) >= 11 is 0. The summed E-state index contributed by atoms with van der Waals surface area (Å²) in [5.74, 6) is 0.351. The van der Waals surface area contributed by atoms with Crippen LogP contribution in [-0.2, 0) is 4.79 Å². The van der Waals surface area contributed by atoms with Gasteiger partial charge in [-0.15, -0.1) is 0 Å². The smallest absolute Gasteiger partial charge is 0.239 e. The molecule has 2 aliphatic rings. The third kappa shape index (κ3) is 4.05. The summed E-state index contributed by atoms with van der Waals surface area (Å²) in [6.07, 6.45) is 5.74. The topological polar surface area (TPSA) is 26.8 Å². The van der Waals surface area contributed by atoms with Crippen LogP contribution in [-0.4, -0.2) is 61.5 Å². The molecule has 1 atom stereocenters. The van der Waals surface area contributed by atoms with Crippen molar-refractivity contribution in [2.75, 3.05) is 44.7 Å². The molecule has 2 heterocycles. The average molecular weight is 315 g/mol. The van der Waals surface area contributed by atoms with E-state index < -0.39 is 0 Å². The van der Waals surface area contributed by atoms with Crippen molar-refractivity contribution in [1.82, 2.24) is 9.80 Å². The predicted molar refractivity (Wildman–Crippen MR) is 94.7 cm³/mol. The molecule has 3 rings (SSSR count). The molecule has 0 aliphatic carbocycles. The van der Waals surface area contributed by atoms with E-state index in [0.29, 0.717) is 5.91 Å². The molecule has 0 saturated carbocycles. The van der Waals surface area contributed by atoms with Gasteiger partial charge in [-0.1, -0.05) is 31.0 Å². The first-order valence-electron chi connectivity index (χ1n) is 9.05. The quantitative estimate of drug-likeness (QED) is 0.839. The second kappa shape index (κ2) is 7.82. The van der Waals surface area contributed by atoms with Gasteiger partial charge < -0.3 is 9.80 Å². The summed E-state index contributed by atoms with van der Waals surface area (Å²) in [4.78, 5) is 19.8. The molecule has 126 valence electrons. The number of carbonyl (C=O) groups excluding carboxylic acids is 1. The lowest BCUT2D eigenvalue weighted by atomic mass is 10.1. The van der Waals surface area contributed by atoms with Gasteiger partial charge in [-0.05, 0) is 45.0 Å². The Morgan fingerprint density at radius 1 is 0.913 bits per heavy atom. The molecule has 0 bridgehead atoms. The first kappa shape index (κ1) is 16.3. The minimum atomic E-state index is 0.0979. The Kier molecular flexibility index (Phi) is 5.55.